The van der Waals surface area contributed by atoms with Gasteiger partial charge in [-0.15, -0.1) is 0 Å². The summed E-state index contributed by atoms with van der Waals surface area (Å²) in [6.07, 6.45) is 10.2. The summed E-state index contributed by atoms with van der Waals surface area (Å²) in [7, 11) is -2.29. The molecule has 16 heavy (non-hydrogen) atoms. The Balaban J connectivity index is 0. The molecule has 2 atom stereocenters. The molecule has 0 heterocycles. The molecule has 0 radical (unpaired) electrons. The van der Waals surface area contributed by atoms with Gasteiger partial charge in [0.05, 0.1) is 0 Å². The van der Waals surface area contributed by atoms with Gasteiger partial charge in [-0.2, -0.15) is 0 Å². The van der Waals surface area contributed by atoms with Crippen LogP contribution in [0.15, 0.2) is 0 Å². The van der Waals surface area contributed by atoms with Gasteiger partial charge in [-0.3, -0.25) is 4.57 Å². The summed E-state index contributed by atoms with van der Waals surface area (Å²) in [6.45, 7) is 4.35. The maximum atomic E-state index is 11.1. The van der Waals surface area contributed by atoms with Gasteiger partial charge in [-0.05, 0) is 12.8 Å². The van der Waals surface area contributed by atoms with Crippen LogP contribution in [-0.2, 0) is 21.1 Å². The number of unbranched alkanes of at least 4 members (excludes halogenated alkanes) is 5. The molecule has 2 unspecified atom stereocenters. The second-order valence-electron chi connectivity index (χ2n) is 4.38. The van der Waals surface area contributed by atoms with Gasteiger partial charge in [0.15, 0.2) is 8.03 Å². The van der Waals surface area contributed by atoms with E-state index in [2.05, 4.69) is 13.8 Å². The summed E-state index contributed by atoms with van der Waals surface area (Å²) in [5.41, 5.74) is 0.0957. The third kappa shape index (κ3) is 11.2. The quantitative estimate of drug-likeness (QED) is 0.369. The van der Waals surface area contributed by atoms with E-state index in [9.17, 15) is 9.46 Å². The predicted molar refractivity (Wildman–Crippen MR) is 67.9 cm³/mol. The Labute approximate surface area is 111 Å². The molecule has 0 bridgehead atoms. The molecule has 0 aromatic rings. The molecule has 0 aromatic carbocycles. The van der Waals surface area contributed by atoms with Crippen molar-refractivity contribution in [3.63, 3.8) is 0 Å². The van der Waals surface area contributed by atoms with Crippen LogP contribution in [0, 0.1) is 0 Å². The van der Waals surface area contributed by atoms with E-state index < -0.39 is 8.03 Å². The van der Waals surface area contributed by atoms with Crippen LogP contribution < -0.4 is 0 Å². The largest absolute Gasteiger partial charge is 0.346 e. The molecule has 0 saturated heterocycles. The molecule has 1 N–H and O–H groups in total. The normalized spacial score (nSPS) is 14.2. The van der Waals surface area contributed by atoms with E-state index in [0.29, 0.717) is 0 Å². The molecule has 0 rings (SSSR count). The van der Waals surface area contributed by atoms with Crippen molar-refractivity contribution in [3.05, 3.63) is 0 Å². The van der Waals surface area contributed by atoms with E-state index in [0.717, 1.165) is 25.7 Å². The summed E-state index contributed by atoms with van der Waals surface area (Å²) in [6, 6.07) is 0. The molecule has 102 valence electrons. The van der Waals surface area contributed by atoms with E-state index in [1.165, 1.54) is 32.1 Å². The Morgan fingerprint density at radius 2 is 1.38 bits per heavy atom. The van der Waals surface area contributed by atoms with Crippen molar-refractivity contribution in [3.8, 4) is 0 Å². The second-order valence-corrected chi connectivity index (χ2v) is 5.87. The maximum absolute atomic E-state index is 11.1. The summed E-state index contributed by atoms with van der Waals surface area (Å²) >= 11 is 0. The monoisotopic (exact) mass is 292 g/mol. The first-order valence-corrected chi connectivity index (χ1v) is 7.88. The molecule has 0 amide bonds. The van der Waals surface area contributed by atoms with Gasteiger partial charge >= 0.3 is 0 Å². The van der Waals surface area contributed by atoms with E-state index >= 15 is 0 Å². The second kappa shape index (κ2) is 13.7. The SMILES string of the molecule is CCCCCCC(CCCCC)[PH](=O)O.[Ni]. The molecule has 0 aliphatic rings. The fourth-order valence-electron chi connectivity index (χ4n) is 1.85. The third-order valence-electron chi connectivity index (χ3n) is 2.91. The van der Waals surface area contributed by atoms with E-state index in [4.69, 9.17) is 0 Å². The van der Waals surface area contributed by atoms with Crippen molar-refractivity contribution in [2.75, 3.05) is 0 Å². The van der Waals surface area contributed by atoms with Crippen molar-refractivity contribution in [1.82, 2.24) is 0 Å². The van der Waals surface area contributed by atoms with E-state index in [-0.39, 0.29) is 22.2 Å². The predicted octanol–water partition coefficient (Wildman–Crippen LogP) is 4.37. The van der Waals surface area contributed by atoms with Crippen LogP contribution in [0.4, 0.5) is 0 Å². The molecule has 2 nitrogen and oxygen atoms in total. The first kappa shape index (κ1) is 19.0. The fraction of sp³-hybridized carbons (Fsp3) is 1.00. The molecule has 0 fully saturated rings. The van der Waals surface area contributed by atoms with Gasteiger partial charge in [0.2, 0.25) is 0 Å². The minimum Gasteiger partial charge on any atom is -0.346 e. The van der Waals surface area contributed by atoms with Crippen molar-refractivity contribution in [2.45, 2.75) is 77.3 Å². The summed E-state index contributed by atoms with van der Waals surface area (Å²) in [4.78, 5) is 9.21. The Morgan fingerprint density at radius 3 is 1.81 bits per heavy atom. The van der Waals surface area contributed by atoms with Crippen LogP contribution in [0.1, 0.15) is 71.6 Å². The van der Waals surface area contributed by atoms with E-state index in [1.54, 1.807) is 0 Å². The zero-order valence-corrected chi connectivity index (χ0v) is 12.6. The number of hydrogen-bond donors (Lipinski definition) is 1. The summed E-state index contributed by atoms with van der Waals surface area (Å²) in [5, 5.41) is 0. The van der Waals surface area contributed by atoms with Gasteiger partial charge in [0.25, 0.3) is 0 Å². The Morgan fingerprint density at radius 1 is 0.938 bits per heavy atom. The Kier molecular flexibility index (Phi) is 16.4. The zero-order valence-electron chi connectivity index (χ0n) is 10.6. The van der Waals surface area contributed by atoms with Gasteiger partial charge < -0.3 is 4.89 Å². The van der Waals surface area contributed by atoms with Crippen LogP contribution in [0.3, 0.4) is 0 Å². The first-order chi connectivity index (χ1) is 7.22. The van der Waals surface area contributed by atoms with Gasteiger partial charge in [-0.25, -0.2) is 0 Å². The van der Waals surface area contributed by atoms with Crippen LogP contribution in [0.5, 0.6) is 0 Å². The Bertz CT molecular complexity index is 165. The number of rotatable bonds is 10. The van der Waals surface area contributed by atoms with Crippen LogP contribution in [-0.4, -0.2) is 10.6 Å². The average Bonchev–Trinajstić information content (AvgIpc) is 2.21. The van der Waals surface area contributed by atoms with Crippen molar-refractivity contribution in [1.29, 1.82) is 0 Å². The first-order valence-electron chi connectivity index (χ1n) is 6.45. The minimum absolute atomic E-state index is 0. The topological polar surface area (TPSA) is 37.3 Å². The van der Waals surface area contributed by atoms with Crippen molar-refractivity contribution < 1.29 is 25.9 Å². The number of hydrogen-bond acceptors (Lipinski definition) is 1. The molecular formula is C12H27NiO2P. The molecular weight excluding hydrogens is 266 g/mol. The molecule has 4 heteroatoms. The zero-order chi connectivity index (χ0) is 11.5. The molecule has 0 spiro atoms. The molecule has 0 aromatic heterocycles. The molecule has 0 saturated carbocycles. The Hall–Kier alpha value is 0.684. The van der Waals surface area contributed by atoms with Gasteiger partial charge in [0.1, 0.15) is 0 Å². The molecule has 0 aliphatic carbocycles. The van der Waals surface area contributed by atoms with Gasteiger partial charge in [0, 0.05) is 22.2 Å². The summed E-state index contributed by atoms with van der Waals surface area (Å²) in [5.74, 6) is 0. The average molecular weight is 293 g/mol. The van der Waals surface area contributed by atoms with E-state index in [1.807, 2.05) is 0 Å². The third-order valence-corrected chi connectivity index (χ3v) is 4.19. The van der Waals surface area contributed by atoms with Crippen molar-refractivity contribution in [2.24, 2.45) is 0 Å². The summed E-state index contributed by atoms with van der Waals surface area (Å²) < 4.78 is 11.1. The standard InChI is InChI=1S/C12H27O2P.Ni/c1-3-5-7-9-11-12(15(13)14)10-8-6-4-2;/h12,15H,3-11H2,1-2H3,(H,13,14);. The van der Waals surface area contributed by atoms with Crippen LogP contribution >= 0.6 is 8.03 Å². The van der Waals surface area contributed by atoms with Crippen LogP contribution in [0.2, 0.25) is 0 Å². The maximum Gasteiger partial charge on any atom is 0.192 e. The van der Waals surface area contributed by atoms with Crippen LogP contribution in [0.25, 0.3) is 0 Å². The smallest absolute Gasteiger partial charge is 0.192 e. The van der Waals surface area contributed by atoms with Crippen molar-refractivity contribution >= 4 is 8.03 Å². The van der Waals surface area contributed by atoms with Gasteiger partial charge in [-0.1, -0.05) is 58.8 Å². The minimum atomic E-state index is -2.29. The molecule has 0 aliphatic heterocycles. The fourth-order valence-corrected chi connectivity index (χ4v) is 2.75.